The Morgan fingerprint density at radius 1 is 1.00 bits per heavy atom. The van der Waals surface area contributed by atoms with Crippen molar-refractivity contribution in [1.29, 1.82) is 0 Å². The monoisotopic (exact) mass is 242 g/mol. The molecule has 0 bridgehead atoms. The van der Waals surface area contributed by atoms with Crippen molar-refractivity contribution in [3.8, 4) is 0 Å². The molecule has 2 aliphatic heterocycles. The second-order valence-corrected chi connectivity index (χ2v) is 5.37. The van der Waals surface area contributed by atoms with Crippen molar-refractivity contribution >= 4 is 5.84 Å². The predicted octanol–water partition coefficient (Wildman–Crippen LogP) is 3.80. The van der Waals surface area contributed by atoms with Crippen molar-refractivity contribution in [2.75, 3.05) is 13.1 Å². The molecule has 0 saturated carbocycles. The minimum atomic E-state index is 0.566. The summed E-state index contributed by atoms with van der Waals surface area (Å²) in [6.45, 7) is 2.23. The molecule has 1 aromatic carbocycles. The smallest absolute Gasteiger partial charge is 0.0994 e. The molecule has 3 rings (SSSR count). The largest absolute Gasteiger partial charge is 0.353 e. The van der Waals surface area contributed by atoms with Gasteiger partial charge < -0.3 is 4.90 Å². The molecule has 18 heavy (non-hydrogen) atoms. The van der Waals surface area contributed by atoms with Crippen LogP contribution in [0.5, 0.6) is 0 Å². The first-order chi connectivity index (χ1) is 8.95. The molecule has 1 fully saturated rings. The van der Waals surface area contributed by atoms with E-state index in [1.807, 2.05) is 0 Å². The van der Waals surface area contributed by atoms with Gasteiger partial charge in [0.2, 0.25) is 0 Å². The number of hydrogen-bond donors (Lipinski definition) is 0. The van der Waals surface area contributed by atoms with Gasteiger partial charge in [0, 0.05) is 19.5 Å². The van der Waals surface area contributed by atoms with E-state index in [0.717, 1.165) is 6.54 Å². The summed E-state index contributed by atoms with van der Waals surface area (Å²) in [6.07, 6.45) is 7.72. The summed E-state index contributed by atoms with van der Waals surface area (Å²) in [7, 11) is 0. The lowest BCUT2D eigenvalue weighted by Gasteiger charge is -2.39. The molecule has 2 heterocycles. The predicted molar refractivity (Wildman–Crippen MR) is 75.9 cm³/mol. The van der Waals surface area contributed by atoms with Crippen LogP contribution >= 0.6 is 0 Å². The van der Waals surface area contributed by atoms with E-state index in [-0.39, 0.29) is 0 Å². The van der Waals surface area contributed by atoms with Gasteiger partial charge in [-0.25, -0.2) is 0 Å². The molecule has 1 unspecified atom stereocenters. The maximum absolute atomic E-state index is 4.77. The molecular weight excluding hydrogens is 220 g/mol. The van der Waals surface area contributed by atoms with Crippen LogP contribution in [0.4, 0.5) is 0 Å². The highest BCUT2D eigenvalue weighted by Gasteiger charge is 2.26. The number of benzene rings is 1. The Balaban J connectivity index is 1.84. The molecule has 0 spiro atoms. The van der Waals surface area contributed by atoms with E-state index in [2.05, 4.69) is 35.2 Å². The van der Waals surface area contributed by atoms with E-state index in [9.17, 15) is 0 Å². The molecular formula is C16H22N2. The summed E-state index contributed by atoms with van der Waals surface area (Å²) < 4.78 is 0. The Bertz CT molecular complexity index is 410. The molecule has 1 atom stereocenters. The zero-order valence-corrected chi connectivity index (χ0v) is 11.0. The highest BCUT2D eigenvalue weighted by Crippen LogP contribution is 2.32. The number of nitrogens with zero attached hydrogens (tertiary/aromatic N) is 2. The van der Waals surface area contributed by atoms with E-state index in [1.165, 1.54) is 56.5 Å². The second kappa shape index (κ2) is 5.55. The number of amidine groups is 1. The van der Waals surface area contributed by atoms with Crippen molar-refractivity contribution in [1.82, 2.24) is 4.90 Å². The summed E-state index contributed by atoms with van der Waals surface area (Å²) in [5.41, 5.74) is 1.46. The quantitative estimate of drug-likeness (QED) is 0.731. The third-order valence-corrected chi connectivity index (χ3v) is 4.12. The Morgan fingerprint density at radius 2 is 1.89 bits per heavy atom. The van der Waals surface area contributed by atoms with E-state index in [1.54, 1.807) is 0 Å². The fourth-order valence-corrected chi connectivity index (χ4v) is 3.18. The van der Waals surface area contributed by atoms with E-state index in [4.69, 9.17) is 4.99 Å². The molecule has 1 saturated heterocycles. The number of rotatable bonds is 1. The van der Waals surface area contributed by atoms with Gasteiger partial charge in [0.1, 0.15) is 0 Å². The van der Waals surface area contributed by atoms with Crippen LogP contribution in [-0.4, -0.2) is 23.8 Å². The number of aliphatic imine (C=N–C) groups is 1. The van der Waals surface area contributed by atoms with Crippen LogP contribution in [0.15, 0.2) is 35.3 Å². The fraction of sp³-hybridized carbons (Fsp3) is 0.562. The van der Waals surface area contributed by atoms with Crippen molar-refractivity contribution in [3.63, 3.8) is 0 Å². The van der Waals surface area contributed by atoms with E-state index in [0.29, 0.717) is 6.04 Å². The molecule has 0 radical (unpaired) electrons. The number of likely N-dealkylation sites (tertiary alicyclic amines) is 1. The summed E-state index contributed by atoms with van der Waals surface area (Å²) in [4.78, 5) is 7.35. The zero-order valence-electron chi connectivity index (χ0n) is 11.0. The number of piperidine rings is 1. The average molecular weight is 242 g/mol. The summed E-state index contributed by atoms with van der Waals surface area (Å²) in [6, 6.07) is 11.5. The summed E-state index contributed by atoms with van der Waals surface area (Å²) in [5.74, 6) is 1.37. The minimum absolute atomic E-state index is 0.566. The molecule has 1 aromatic rings. The highest BCUT2D eigenvalue weighted by atomic mass is 15.2. The summed E-state index contributed by atoms with van der Waals surface area (Å²) in [5, 5.41) is 0. The van der Waals surface area contributed by atoms with E-state index >= 15 is 0 Å². The third kappa shape index (κ3) is 2.43. The van der Waals surface area contributed by atoms with Crippen LogP contribution in [0, 0.1) is 0 Å². The Hall–Kier alpha value is -1.31. The zero-order chi connectivity index (χ0) is 12.2. The standard InChI is InChI=1S/C16H22N2/c1-2-8-14(9-3-1)15-10-5-7-13-18(15)16-11-4-6-12-17-16/h1-3,8-9,15H,4-7,10-13H2. The van der Waals surface area contributed by atoms with Crippen LogP contribution < -0.4 is 0 Å². The maximum atomic E-state index is 4.77. The van der Waals surface area contributed by atoms with Gasteiger partial charge in [0.25, 0.3) is 0 Å². The first kappa shape index (κ1) is 11.8. The van der Waals surface area contributed by atoms with Crippen molar-refractivity contribution in [2.24, 2.45) is 4.99 Å². The highest BCUT2D eigenvalue weighted by molar-refractivity contribution is 5.83. The van der Waals surface area contributed by atoms with Crippen LogP contribution in [0.3, 0.4) is 0 Å². The topological polar surface area (TPSA) is 15.6 Å². The van der Waals surface area contributed by atoms with Crippen molar-refractivity contribution < 1.29 is 0 Å². The average Bonchev–Trinajstić information content (AvgIpc) is 2.49. The third-order valence-electron chi connectivity index (χ3n) is 4.12. The van der Waals surface area contributed by atoms with Gasteiger partial charge in [-0.15, -0.1) is 0 Å². The van der Waals surface area contributed by atoms with E-state index < -0.39 is 0 Å². The van der Waals surface area contributed by atoms with Gasteiger partial charge in [-0.1, -0.05) is 30.3 Å². The van der Waals surface area contributed by atoms with Gasteiger partial charge >= 0.3 is 0 Å². The van der Waals surface area contributed by atoms with Gasteiger partial charge in [0.15, 0.2) is 0 Å². The molecule has 0 amide bonds. The number of hydrogen-bond acceptors (Lipinski definition) is 2. The van der Waals surface area contributed by atoms with Crippen molar-refractivity contribution in [3.05, 3.63) is 35.9 Å². The molecule has 2 aliphatic rings. The Kier molecular flexibility index (Phi) is 3.63. The lowest BCUT2D eigenvalue weighted by Crippen LogP contribution is -2.39. The molecule has 96 valence electrons. The minimum Gasteiger partial charge on any atom is -0.353 e. The van der Waals surface area contributed by atoms with Gasteiger partial charge in [0.05, 0.1) is 11.9 Å². The normalized spacial score (nSPS) is 24.8. The Labute approximate surface area is 110 Å². The first-order valence-corrected chi connectivity index (χ1v) is 7.30. The van der Waals surface area contributed by atoms with Crippen LogP contribution in [0.25, 0.3) is 0 Å². The SMILES string of the molecule is c1ccc(C2CCCCN2C2=NCCCC2)cc1. The van der Waals surface area contributed by atoms with Crippen molar-refractivity contribution in [2.45, 2.75) is 44.6 Å². The van der Waals surface area contributed by atoms with Gasteiger partial charge in [-0.3, -0.25) is 4.99 Å². The lowest BCUT2D eigenvalue weighted by molar-refractivity contribution is 0.238. The second-order valence-electron chi connectivity index (χ2n) is 5.37. The molecule has 0 aromatic heterocycles. The van der Waals surface area contributed by atoms with Gasteiger partial charge in [-0.2, -0.15) is 0 Å². The molecule has 0 N–H and O–H groups in total. The lowest BCUT2D eigenvalue weighted by atomic mass is 9.94. The maximum Gasteiger partial charge on any atom is 0.0994 e. The first-order valence-electron chi connectivity index (χ1n) is 7.30. The molecule has 0 aliphatic carbocycles. The van der Waals surface area contributed by atoms with Crippen LogP contribution in [0.2, 0.25) is 0 Å². The molecule has 2 nitrogen and oxygen atoms in total. The molecule has 2 heteroatoms. The summed E-state index contributed by atoms with van der Waals surface area (Å²) >= 11 is 0. The Morgan fingerprint density at radius 3 is 2.67 bits per heavy atom. The fourth-order valence-electron chi connectivity index (χ4n) is 3.18. The van der Waals surface area contributed by atoms with Gasteiger partial charge in [-0.05, 0) is 37.7 Å². The van der Waals surface area contributed by atoms with Crippen LogP contribution in [-0.2, 0) is 0 Å². The van der Waals surface area contributed by atoms with Crippen LogP contribution in [0.1, 0.15) is 50.1 Å².